The molecule has 0 spiro atoms. The molecule has 6 nitrogen and oxygen atoms in total. The number of ether oxygens (including phenoxy) is 2. The van der Waals surface area contributed by atoms with Gasteiger partial charge in [-0.25, -0.2) is 9.18 Å². The van der Waals surface area contributed by atoms with E-state index in [4.69, 9.17) is 9.47 Å². The molecule has 0 radical (unpaired) electrons. The van der Waals surface area contributed by atoms with Gasteiger partial charge in [0.1, 0.15) is 12.0 Å². The number of aliphatic carboxylic acids is 1. The monoisotopic (exact) mass is 436 g/mol. The van der Waals surface area contributed by atoms with Gasteiger partial charge in [0, 0.05) is 26.7 Å². The Morgan fingerprint density at radius 2 is 2.23 bits per heavy atom. The van der Waals surface area contributed by atoms with Crippen molar-refractivity contribution in [1.29, 1.82) is 0 Å². The van der Waals surface area contributed by atoms with E-state index in [1.165, 1.54) is 23.9 Å². The molecule has 1 aromatic carbocycles. The van der Waals surface area contributed by atoms with Crippen LogP contribution in [0.2, 0.25) is 0 Å². The van der Waals surface area contributed by atoms with Gasteiger partial charge in [0.15, 0.2) is 0 Å². The molecule has 3 rings (SSSR count). The lowest BCUT2D eigenvalue weighted by Crippen LogP contribution is -2.55. The first-order valence-corrected chi connectivity index (χ1v) is 11.1. The van der Waals surface area contributed by atoms with E-state index < -0.39 is 5.97 Å². The highest BCUT2D eigenvalue weighted by Gasteiger charge is 2.36. The zero-order chi connectivity index (χ0) is 21.7. The summed E-state index contributed by atoms with van der Waals surface area (Å²) in [6.07, 6.45) is 1.81. The molecule has 164 valence electrons. The molecule has 0 aliphatic carbocycles. The van der Waals surface area contributed by atoms with Crippen LogP contribution in [0.3, 0.4) is 0 Å². The fraction of sp³-hybridized carbons (Fsp3) is 0.500. The molecule has 1 saturated heterocycles. The Morgan fingerprint density at radius 3 is 2.90 bits per heavy atom. The summed E-state index contributed by atoms with van der Waals surface area (Å²) in [6, 6.07) is 6.47. The maximum atomic E-state index is 13.8. The second-order valence-electron chi connectivity index (χ2n) is 7.38. The van der Waals surface area contributed by atoms with E-state index in [0.717, 1.165) is 23.4 Å². The standard InChI is InChI=1S/C22H29FN2O4S/c1-4-30-21-20(22(26)27)15(2)10-19(24-8-9-29-18(13-24)14-28-3)25(21)12-16-6-5-7-17(23)11-16/h5-7,10-11,18-19H,4,8-9,12-14H2,1-3H3,(H,26,27)/t18-,19?/m0/s1. The van der Waals surface area contributed by atoms with Gasteiger partial charge < -0.3 is 19.5 Å². The molecule has 2 aliphatic heterocycles. The summed E-state index contributed by atoms with van der Waals surface area (Å²) in [5.74, 6) is -0.505. The molecule has 0 bridgehead atoms. The molecule has 1 fully saturated rings. The van der Waals surface area contributed by atoms with E-state index >= 15 is 0 Å². The lowest BCUT2D eigenvalue weighted by molar-refractivity contribution is -0.132. The predicted molar refractivity (Wildman–Crippen MR) is 115 cm³/mol. The first-order valence-electron chi connectivity index (χ1n) is 10.1. The van der Waals surface area contributed by atoms with Crippen LogP contribution in [0, 0.1) is 5.82 Å². The molecule has 0 aromatic heterocycles. The fourth-order valence-electron chi connectivity index (χ4n) is 3.95. The minimum atomic E-state index is -0.943. The number of carboxylic acid groups (broad SMARTS) is 1. The molecule has 1 aromatic rings. The maximum Gasteiger partial charge on any atom is 0.338 e. The Bertz CT molecular complexity index is 827. The van der Waals surface area contributed by atoms with Crippen LogP contribution in [-0.4, -0.2) is 72.3 Å². The van der Waals surface area contributed by atoms with Crippen LogP contribution in [0.4, 0.5) is 4.39 Å². The van der Waals surface area contributed by atoms with Gasteiger partial charge in [-0.2, -0.15) is 0 Å². The van der Waals surface area contributed by atoms with Crippen LogP contribution >= 0.6 is 11.8 Å². The SMILES string of the molecule is CCSC1=C(C(=O)O)C(C)=CC(N2CCO[C@H](COC)C2)N1Cc1cccc(F)c1. The molecular formula is C22H29FN2O4S. The minimum absolute atomic E-state index is 0.0411. The number of carbonyl (C=O) groups is 1. The molecule has 2 atom stereocenters. The van der Waals surface area contributed by atoms with Gasteiger partial charge in [-0.3, -0.25) is 4.90 Å². The van der Waals surface area contributed by atoms with Crippen molar-refractivity contribution in [3.05, 3.63) is 57.9 Å². The van der Waals surface area contributed by atoms with Crippen molar-refractivity contribution in [2.75, 3.05) is 39.2 Å². The third-order valence-electron chi connectivity index (χ3n) is 5.22. The summed E-state index contributed by atoms with van der Waals surface area (Å²) >= 11 is 1.51. The highest BCUT2D eigenvalue weighted by atomic mass is 32.2. The van der Waals surface area contributed by atoms with E-state index in [1.807, 2.05) is 26.0 Å². The molecular weight excluding hydrogens is 407 g/mol. The van der Waals surface area contributed by atoms with Crippen LogP contribution in [0.25, 0.3) is 0 Å². The fourth-order valence-corrected chi connectivity index (χ4v) is 4.95. The zero-order valence-electron chi connectivity index (χ0n) is 17.6. The van der Waals surface area contributed by atoms with Gasteiger partial charge in [-0.1, -0.05) is 19.1 Å². The lowest BCUT2D eigenvalue weighted by Gasteiger charge is -2.46. The first-order chi connectivity index (χ1) is 14.4. The van der Waals surface area contributed by atoms with Crippen molar-refractivity contribution in [3.8, 4) is 0 Å². The van der Waals surface area contributed by atoms with E-state index in [1.54, 1.807) is 13.2 Å². The Balaban J connectivity index is 1.99. The summed E-state index contributed by atoms with van der Waals surface area (Å²) in [4.78, 5) is 16.4. The third kappa shape index (κ3) is 5.24. The van der Waals surface area contributed by atoms with Crippen molar-refractivity contribution in [2.45, 2.75) is 32.7 Å². The summed E-state index contributed by atoms with van der Waals surface area (Å²) in [5, 5.41) is 10.6. The molecule has 2 heterocycles. The number of rotatable bonds is 8. The topological polar surface area (TPSA) is 62.2 Å². The average Bonchev–Trinajstić information content (AvgIpc) is 2.70. The van der Waals surface area contributed by atoms with Gasteiger partial charge in [-0.05, 0) is 42.0 Å². The smallest absolute Gasteiger partial charge is 0.338 e. The number of benzene rings is 1. The Kier molecular flexibility index (Phi) is 7.93. The van der Waals surface area contributed by atoms with Gasteiger partial charge in [0.05, 0.1) is 29.9 Å². The first kappa shape index (κ1) is 22.8. The number of thioether (sulfide) groups is 1. The van der Waals surface area contributed by atoms with Gasteiger partial charge in [-0.15, -0.1) is 11.8 Å². The number of halogens is 1. The van der Waals surface area contributed by atoms with Gasteiger partial charge >= 0.3 is 5.97 Å². The summed E-state index contributed by atoms with van der Waals surface area (Å²) in [6.45, 7) is 6.75. The largest absolute Gasteiger partial charge is 0.478 e. The van der Waals surface area contributed by atoms with Crippen LogP contribution in [-0.2, 0) is 20.8 Å². The number of hydrogen-bond acceptors (Lipinski definition) is 6. The van der Waals surface area contributed by atoms with Crippen molar-refractivity contribution in [2.24, 2.45) is 0 Å². The van der Waals surface area contributed by atoms with Crippen molar-refractivity contribution in [1.82, 2.24) is 9.80 Å². The zero-order valence-corrected chi connectivity index (χ0v) is 18.5. The second kappa shape index (κ2) is 10.4. The number of carboxylic acids is 1. The molecule has 8 heteroatoms. The highest BCUT2D eigenvalue weighted by Crippen LogP contribution is 2.37. The highest BCUT2D eigenvalue weighted by molar-refractivity contribution is 8.03. The number of methoxy groups -OCH3 is 1. The number of nitrogens with zero attached hydrogens (tertiary/aromatic N) is 2. The summed E-state index contributed by atoms with van der Waals surface area (Å²) < 4.78 is 24.9. The van der Waals surface area contributed by atoms with E-state index in [-0.39, 0.29) is 18.1 Å². The Morgan fingerprint density at radius 1 is 1.43 bits per heavy atom. The van der Waals surface area contributed by atoms with Crippen LogP contribution in [0.1, 0.15) is 19.4 Å². The minimum Gasteiger partial charge on any atom is -0.478 e. The summed E-state index contributed by atoms with van der Waals surface area (Å²) in [7, 11) is 1.65. The molecule has 30 heavy (non-hydrogen) atoms. The van der Waals surface area contributed by atoms with Crippen molar-refractivity contribution in [3.63, 3.8) is 0 Å². The van der Waals surface area contributed by atoms with Gasteiger partial charge in [0.2, 0.25) is 0 Å². The normalized spacial score (nSPS) is 22.9. The van der Waals surface area contributed by atoms with Crippen LogP contribution in [0.15, 0.2) is 46.5 Å². The molecule has 0 amide bonds. The molecule has 1 unspecified atom stereocenters. The van der Waals surface area contributed by atoms with E-state index in [9.17, 15) is 14.3 Å². The predicted octanol–water partition coefficient (Wildman–Crippen LogP) is 3.31. The lowest BCUT2D eigenvalue weighted by atomic mass is 10.0. The Hall–Kier alpha value is -1.87. The number of morpholine rings is 1. The van der Waals surface area contributed by atoms with Crippen LogP contribution < -0.4 is 0 Å². The molecule has 1 N–H and O–H groups in total. The number of hydrogen-bond donors (Lipinski definition) is 1. The van der Waals surface area contributed by atoms with Crippen LogP contribution in [0.5, 0.6) is 0 Å². The van der Waals surface area contributed by atoms with E-state index in [2.05, 4.69) is 9.80 Å². The van der Waals surface area contributed by atoms with Crippen molar-refractivity contribution < 1.29 is 23.8 Å². The molecule has 2 aliphatic rings. The maximum absolute atomic E-state index is 13.8. The molecule has 0 saturated carbocycles. The second-order valence-corrected chi connectivity index (χ2v) is 8.64. The Labute approximate surface area is 181 Å². The quantitative estimate of drug-likeness (QED) is 0.671. The van der Waals surface area contributed by atoms with Gasteiger partial charge in [0.25, 0.3) is 0 Å². The van der Waals surface area contributed by atoms with E-state index in [0.29, 0.717) is 36.9 Å². The average molecular weight is 437 g/mol. The summed E-state index contributed by atoms with van der Waals surface area (Å²) in [5.41, 5.74) is 1.86. The van der Waals surface area contributed by atoms with Crippen molar-refractivity contribution >= 4 is 17.7 Å². The third-order valence-corrected chi connectivity index (χ3v) is 6.22.